The Morgan fingerprint density at radius 2 is 1.76 bits per heavy atom. The monoisotopic (exact) mass is 234 g/mol. The average Bonchev–Trinajstić information content (AvgIpc) is 2.29. The minimum Gasteiger partial charge on any atom is -0.466 e. The molecule has 0 bridgehead atoms. The Morgan fingerprint density at radius 1 is 1.18 bits per heavy atom. The Bertz CT molecular complexity index is 390. The Morgan fingerprint density at radius 3 is 2.24 bits per heavy atom. The molecule has 0 saturated carbocycles. The largest absolute Gasteiger partial charge is 0.466 e. The third kappa shape index (κ3) is 4.02. The van der Waals surface area contributed by atoms with Gasteiger partial charge in [-0.05, 0) is 12.5 Å². The first-order valence-corrected chi connectivity index (χ1v) is 5.83. The molecule has 1 aromatic rings. The molecule has 0 aliphatic carbocycles. The Balaban J connectivity index is 2.68. The van der Waals surface area contributed by atoms with Crippen molar-refractivity contribution in [2.75, 3.05) is 6.61 Å². The molecular formula is C14H18O3. The second kappa shape index (κ2) is 6.18. The molecule has 1 rings (SSSR count). The molecule has 0 N–H and O–H groups in total. The number of carbonyl (C=O) groups excluding carboxylic acids is 2. The lowest BCUT2D eigenvalue weighted by molar-refractivity contribution is -0.142. The van der Waals surface area contributed by atoms with Crippen LogP contribution in [0.15, 0.2) is 24.3 Å². The van der Waals surface area contributed by atoms with E-state index in [-0.39, 0.29) is 24.1 Å². The van der Waals surface area contributed by atoms with E-state index in [4.69, 9.17) is 4.74 Å². The number of ether oxygens (including phenoxy) is 1. The highest BCUT2D eigenvalue weighted by atomic mass is 16.5. The molecule has 0 spiro atoms. The summed E-state index contributed by atoms with van der Waals surface area (Å²) in [5.41, 5.74) is 1.55. The maximum Gasteiger partial charge on any atom is 0.310 e. The maximum atomic E-state index is 11.7. The summed E-state index contributed by atoms with van der Waals surface area (Å²) in [5, 5.41) is 0. The number of hydrogen-bond acceptors (Lipinski definition) is 3. The van der Waals surface area contributed by atoms with Gasteiger partial charge < -0.3 is 4.74 Å². The predicted octanol–water partition coefficient (Wildman–Crippen LogP) is 2.63. The molecule has 0 atom stereocenters. The van der Waals surface area contributed by atoms with E-state index >= 15 is 0 Å². The van der Waals surface area contributed by atoms with E-state index in [1.54, 1.807) is 31.2 Å². The van der Waals surface area contributed by atoms with Gasteiger partial charge >= 0.3 is 5.97 Å². The van der Waals surface area contributed by atoms with Crippen molar-refractivity contribution in [2.45, 2.75) is 27.2 Å². The quantitative estimate of drug-likeness (QED) is 0.581. The second-order valence-corrected chi connectivity index (χ2v) is 4.20. The zero-order valence-electron chi connectivity index (χ0n) is 10.5. The Hall–Kier alpha value is -1.64. The summed E-state index contributed by atoms with van der Waals surface area (Å²) in [6, 6.07) is 7.12. The molecule has 0 saturated heterocycles. The fraction of sp³-hybridized carbons (Fsp3) is 0.429. The number of hydrogen-bond donors (Lipinski definition) is 0. The maximum absolute atomic E-state index is 11.7. The summed E-state index contributed by atoms with van der Waals surface area (Å²) in [6.07, 6.45) is 0.254. The molecule has 0 aliphatic rings. The van der Waals surface area contributed by atoms with Crippen molar-refractivity contribution < 1.29 is 14.3 Å². The highest BCUT2D eigenvalue weighted by Gasteiger charge is 2.10. The number of Topliss-reactive ketones (excluding diaryl/α,β-unsaturated/α-hetero) is 1. The van der Waals surface area contributed by atoms with Crippen LogP contribution in [0.1, 0.15) is 36.7 Å². The van der Waals surface area contributed by atoms with Crippen molar-refractivity contribution in [1.82, 2.24) is 0 Å². The fourth-order valence-electron chi connectivity index (χ4n) is 1.50. The Kier molecular flexibility index (Phi) is 4.88. The van der Waals surface area contributed by atoms with Gasteiger partial charge in [0.2, 0.25) is 0 Å². The van der Waals surface area contributed by atoms with Gasteiger partial charge in [-0.15, -0.1) is 0 Å². The third-order valence-corrected chi connectivity index (χ3v) is 2.42. The van der Waals surface area contributed by atoms with Crippen LogP contribution >= 0.6 is 0 Å². The van der Waals surface area contributed by atoms with Gasteiger partial charge in [0.1, 0.15) is 0 Å². The van der Waals surface area contributed by atoms with Crippen LogP contribution in [0.3, 0.4) is 0 Å². The van der Waals surface area contributed by atoms with Crippen LogP contribution in [0.5, 0.6) is 0 Å². The van der Waals surface area contributed by atoms with Crippen LogP contribution in [-0.2, 0) is 16.0 Å². The lowest BCUT2D eigenvalue weighted by Crippen LogP contribution is -2.09. The lowest BCUT2D eigenvalue weighted by Gasteiger charge is -2.05. The zero-order chi connectivity index (χ0) is 12.8. The van der Waals surface area contributed by atoms with E-state index in [0.29, 0.717) is 12.2 Å². The number of esters is 1. The summed E-state index contributed by atoms with van der Waals surface area (Å²) >= 11 is 0. The Labute approximate surface area is 102 Å². The minimum atomic E-state index is -0.240. The molecular weight excluding hydrogens is 216 g/mol. The molecule has 0 radical (unpaired) electrons. The predicted molar refractivity (Wildman–Crippen MR) is 65.9 cm³/mol. The zero-order valence-corrected chi connectivity index (χ0v) is 10.5. The highest BCUT2D eigenvalue weighted by Crippen LogP contribution is 2.10. The van der Waals surface area contributed by atoms with Crippen LogP contribution in [0.25, 0.3) is 0 Å². The molecule has 92 valence electrons. The topological polar surface area (TPSA) is 43.4 Å². The SMILES string of the molecule is CCOC(=O)Cc1ccc(C(=O)C(C)C)cc1. The van der Waals surface area contributed by atoms with Gasteiger partial charge in [0.25, 0.3) is 0 Å². The van der Waals surface area contributed by atoms with E-state index in [0.717, 1.165) is 5.56 Å². The summed E-state index contributed by atoms with van der Waals surface area (Å²) in [6.45, 7) is 5.91. The molecule has 0 aliphatic heterocycles. The summed E-state index contributed by atoms with van der Waals surface area (Å²) in [4.78, 5) is 22.9. The average molecular weight is 234 g/mol. The van der Waals surface area contributed by atoms with Gasteiger partial charge in [-0.3, -0.25) is 9.59 Å². The third-order valence-electron chi connectivity index (χ3n) is 2.42. The first-order valence-electron chi connectivity index (χ1n) is 5.83. The number of benzene rings is 1. The first kappa shape index (κ1) is 13.4. The van der Waals surface area contributed by atoms with Gasteiger partial charge in [-0.1, -0.05) is 38.1 Å². The first-order chi connectivity index (χ1) is 8.04. The normalized spacial score (nSPS) is 10.4. The van der Waals surface area contributed by atoms with E-state index in [1.165, 1.54) is 0 Å². The number of rotatable bonds is 5. The van der Waals surface area contributed by atoms with Crippen molar-refractivity contribution in [1.29, 1.82) is 0 Å². The molecule has 3 heteroatoms. The van der Waals surface area contributed by atoms with Crippen molar-refractivity contribution in [3.63, 3.8) is 0 Å². The van der Waals surface area contributed by atoms with Gasteiger partial charge in [0.15, 0.2) is 5.78 Å². The van der Waals surface area contributed by atoms with E-state index in [1.807, 2.05) is 13.8 Å². The van der Waals surface area contributed by atoms with Gasteiger partial charge in [-0.2, -0.15) is 0 Å². The molecule has 1 aromatic carbocycles. The standard InChI is InChI=1S/C14H18O3/c1-4-17-13(15)9-11-5-7-12(8-6-11)14(16)10(2)3/h5-8,10H,4,9H2,1-3H3. The highest BCUT2D eigenvalue weighted by molar-refractivity contribution is 5.97. The summed E-state index contributed by atoms with van der Waals surface area (Å²) < 4.78 is 4.86. The van der Waals surface area contributed by atoms with Gasteiger partial charge in [-0.25, -0.2) is 0 Å². The number of carbonyl (C=O) groups is 2. The molecule has 0 fully saturated rings. The molecule has 0 unspecified atom stereocenters. The van der Waals surface area contributed by atoms with Crippen LogP contribution in [0, 0.1) is 5.92 Å². The molecule has 3 nitrogen and oxygen atoms in total. The van der Waals surface area contributed by atoms with Crippen LogP contribution < -0.4 is 0 Å². The molecule has 17 heavy (non-hydrogen) atoms. The lowest BCUT2D eigenvalue weighted by atomic mass is 9.99. The van der Waals surface area contributed by atoms with Crippen molar-refractivity contribution in [2.24, 2.45) is 5.92 Å². The minimum absolute atomic E-state index is 0.00842. The number of ketones is 1. The van der Waals surface area contributed by atoms with Gasteiger partial charge in [0, 0.05) is 11.5 Å². The van der Waals surface area contributed by atoms with E-state index in [2.05, 4.69) is 0 Å². The van der Waals surface area contributed by atoms with Crippen LogP contribution in [0.4, 0.5) is 0 Å². The molecule has 0 amide bonds. The van der Waals surface area contributed by atoms with Crippen molar-refractivity contribution in [3.05, 3.63) is 35.4 Å². The smallest absolute Gasteiger partial charge is 0.310 e. The van der Waals surface area contributed by atoms with Gasteiger partial charge in [0.05, 0.1) is 13.0 Å². The molecule has 0 heterocycles. The van der Waals surface area contributed by atoms with Crippen molar-refractivity contribution in [3.8, 4) is 0 Å². The van der Waals surface area contributed by atoms with Crippen LogP contribution in [0.2, 0.25) is 0 Å². The van der Waals surface area contributed by atoms with Crippen molar-refractivity contribution >= 4 is 11.8 Å². The second-order valence-electron chi connectivity index (χ2n) is 4.20. The fourth-order valence-corrected chi connectivity index (χ4v) is 1.50. The van der Waals surface area contributed by atoms with E-state index < -0.39 is 0 Å². The summed E-state index contributed by atoms with van der Waals surface area (Å²) in [7, 11) is 0. The van der Waals surface area contributed by atoms with E-state index in [9.17, 15) is 9.59 Å². The summed E-state index contributed by atoms with van der Waals surface area (Å²) in [5.74, 6) is -0.131. The van der Waals surface area contributed by atoms with Crippen LogP contribution in [-0.4, -0.2) is 18.4 Å². The molecule has 0 aromatic heterocycles.